The van der Waals surface area contributed by atoms with Gasteiger partial charge in [0.2, 0.25) is 5.71 Å². The molecule has 0 unspecified atom stereocenters. The fourth-order valence-corrected chi connectivity index (χ4v) is 3.11. The van der Waals surface area contributed by atoms with E-state index in [4.69, 9.17) is 0 Å². The van der Waals surface area contributed by atoms with E-state index < -0.39 is 16.6 Å². The van der Waals surface area contributed by atoms with Gasteiger partial charge in [0.05, 0.1) is 4.92 Å². The topological polar surface area (TPSA) is 92.7 Å². The first-order chi connectivity index (χ1) is 11.4. The Morgan fingerprint density at radius 1 is 1.12 bits per heavy atom. The Balaban J connectivity index is 2.21. The van der Waals surface area contributed by atoms with Crippen LogP contribution < -0.4 is 0 Å². The minimum absolute atomic E-state index is 0.152. The quantitative estimate of drug-likeness (QED) is 0.405. The van der Waals surface area contributed by atoms with Crippen LogP contribution in [0.15, 0.2) is 54.6 Å². The fourth-order valence-electron chi connectivity index (χ4n) is 3.11. The fraction of sp³-hybridized carbons (Fsp3) is 0.235. The molecule has 124 valence electrons. The van der Waals surface area contributed by atoms with Crippen LogP contribution in [0, 0.1) is 15.3 Å². The van der Waals surface area contributed by atoms with E-state index >= 15 is 0 Å². The zero-order valence-electron chi connectivity index (χ0n) is 13.3. The number of benzene rings is 2. The molecule has 0 saturated heterocycles. The van der Waals surface area contributed by atoms with Crippen LogP contribution in [-0.4, -0.2) is 31.2 Å². The number of hydrogen-bond donors (Lipinski definition) is 1. The molecule has 1 aliphatic heterocycles. The average molecular weight is 327 g/mol. The first-order valence-electron chi connectivity index (χ1n) is 7.46. The van der Waals surface area contributed by atoms with Gasteiger partial charge in [0.15, 0.2) is 0 Å². The van der Waals surface area contributed by atoms with Crippen LogP contribution in [0.25, 0.3) is 0 Å². The van der Waals surface area contributed by atoms with E-state index in [0.717, 1.165) is 5.06 Å². The van der Waals surface area contributed by atoms with Gasteiger partial charge in [-0.3, -0.25) is 10.1 Å². The standard InChI is InChI=1S/C17H17N3O4/c1-17(2)15(12-8-4-3-5-9-12)18(21)16(19(17)22)13-10-6-7-11-14(13)20(23)24/h3-11,16,22H,1-2H3/t16-/m0/s1. The molecule has 0 aliphatic carbocycles. The minimum atomic E-state index is -1.18. The molecule has 7 heteroatoms. The third kappa shape index (κ3) is 2.34. The highest BCUT2D eigenvalue weighted by molar-refractivity contribution is 6.04. The van der Waals surface area contributed by atoms with Gasteiger partial charge in [0.25, 0.3) is 11.9 Å². The lowest BCUT2D eigenvalue weighted by atomic mass is 9.93. The average Bonchev–Trinajstić information content (AvgIpc) is 2.73. The Kier molecular flexibility index (Phi) is 3.82. The predicted octanol–water partition coefficient (Wildman–Crippen LogP) is 3.08. The van der Waals surface area contributed by atoms with Gasteiger partial charge in [-0.15, -0.1) is 5.06 Å². The second-order valence-electron chi connectivity index (χ2n) is 6.13. The molecule has 24 heavy (non-hydrogen) atoms. The molecule has 0 aromatic heterocycles. The predicted molar refractivity (Wildman–Crippen MR) is 87.7 cm³/mol. The summed E-state index contributed by atoms with van der Waals surface area (Å²) in [4.78, 5) is 10.7. The third-order valence-corrected chi connectivity index (χ3v) is 4.29. The van der Waals surface area contributed by atoms with E-state index in [-0.39, 0.29) is 11.3 Å². The molecular weight excluding hydrogens is 310 g/mol. The maximum Gasteiger partial charge on any atom is 0.280 e. The second kappa shape index (κ2) is 5.70. The summed E-state index contributed by atoms with van der Waals surface area (Å²) in [7, 11) is 0. The second-order valence-corrected chi connectivity index (χ2v) is 6.13. The van der Waals surface area contributed by atoms with Crippen molar-refractivity contribution < 1.29 is 14.9 Å². The summed E-state index contributed by atoms with van der Waals surface area (Å²) in [6.07, 6.45) is -1.18. The first-order valence-corrected chi connectivity index (χ1v) is 7.46. The van der Waals surface area contributed by atoms with Crippen LogP contribution in [0.4, 0.5) is 5.69 Å². The van der Waals surface area contributed by atoms with Crippen molar-refractivity contribution in [1.29, 1.82) is 0 Å². The van der Waals surface area contributed by atoms with E-state index in [1.165, 1.54) is 18.2 Å². The van der Waals surface area contributed by atoms with Gasteiger partial charge in [-0.25, -0.2) is 0 Å². The van der Waals surface area contributed by atoms with Gasteiger partial charge in [-0.2, -0.15) is 4.74 Å². The van der Waals surface area contributed by atoms with Gasteiger partial charge in [0, 0.05) is 11.6 Å². The Hall–Kier alpha value is -2.77. The number of nitro groups is 1. The number of rotatable bonds is 3. The zero-order valence-corrected chi connectivity index (χ0v) is 13.3. The molecule has 3 rings (SSSR count). The Morgan fingerprint density at radius 3 is 2.33 bits per heavy atom. The molecular formula is C17H17N3O4. The third-order valence-electron chi connectivity index (χ3n) is 4.29. The number of hydrogen-bond acceptors (Lipinski definition) is 5. The molecule has 1 N–H and O–H groups in total. The highest BCUT2D eigenvalue weighted by Gasteiger charge is 2.54. The van der Waals surface area contributed by atoms with Crippen LogP contribution in [-0.2, 0) is 0 Å². The molecule has 7 nitrogen and oxygen atoms in total. The van der Waals surface area contributed by atoms with E-state index in [2.05, 4.69) is 0 Å². The van der Waals surface area contributed by atoms with Gasteiger partial charge < -0.3 is 10.4 Å². The van der Waals surface area contributed by atoms with Crippen LogP contribution in [0.1, 0.15) is 31.1 Å². The SMILES string of the molecule is CC1(C)C(c2ccccc2)=[N+]([O-])[C@H](c2ccccc2[N+](=O)[O-])N1O. The highest BCUT2D eigenvalue weighted by atomic mass is 16.6. The highest BCUT2D eigenvalue weighted by Crippen LogP contribution is 2.39. The van der Waals surface area contributed by atoms with Crippen molar-refractivity contribution in [2.45, 2.75) is 25.6 Å². The molecule has 0 bridgehead atoms. The van der Waals surface area contributed by atoms with Crippen molar-refractivity contribution >= 4 is 11.4 Å². The van der Waals surface area contributed by atoms with Crippen molar-refractivity contribution in [1.82, 2.24) is 5.06 Å². The van der Waals surface area contributed by atoms with E-state index in [0.29, 0.717) is 16.0 Å². The molecule has 0 radical (unpaired) electrons. The molecule has 0 saturated carbocycles. The Bertz CT molecular complexity index is 818. The molecule has 1 atom stereocenters. The van der Waals surface area contributed by atoms with E-state index in [9.17, 15) is 20.5 Å². The van der Waals surface area contributed by atoms with Gasteiger partial charge in [-0.1, -0.05) is 30.3 Å². The number of nitrogens with zero attached hydrogens (tertiary/aromatic N) is 3. The van der Waals surface area contributed by atoms with Crippen molar-refractivity contribution in [3.05, 3.63) is 81.0 Å². The van der Waals surface area contributed by atoms with Crippen molar-refractivity contribution in [3.63, 3.8) is 0 Å². The summed E-state index contributed by atoms with van der Waals surface area (Å²) in [5, 5.41) is 35.8. The molecule has 2 aromatic carbocycles. The van der Waals surface area contributed by atoms with Crippen LogP contribution in [0.2, 0.25) is 0 Å². The Labute approximate surface area is 138 Å². The number of nitro benzene ring substituents is 1. The summed E-state index contributed by atoms with van der Waals surface area (Å²) in [5.74, 6) is 0. The smallest absolute Gasteiger partial charge is 0.280 e. The maximum absolute atomic E-state index is 13.0. The number of para-hydroxylation sites is 1. The van der Waals surface area contributed by atoms with Gasteiger partial charge in [0.1, 0.15) is 11.1 Å². The summed E-state index contributed by atoms with van der Waals surface area (Å²) in [5.41, 5.74) is -0.0322. The summed E-state index contributed by atoms with van der Waals surface area (Å²) in [6.45, 7) is 3.41. The molecule has 0 amide bonds. The summed E-state index contributed by atoms with van der Waals surface area (Å²) < 4.78 is 0.650. The first kappa shape index (κ1) is 16.1. The summed E-state index contributed by atoms with van der Waals surface area (Å²) in [6, 6.07) is 14.9. The van der Waals surface area contributed by atoms with Crippen LogP contribution in [0.3, 0.4) is 0 Å². The van der Waals surface area contributed by atoms with Crippen molar-refractivity contribution in [3.8, 4) is 0 Å². The normalized spacial score (nSPS) is 20.4. The zero-order chi connectivity index (χ0) is 17.5. The molecule has 1 aliphatic rings. The Morgan fingerprint density at radius 2 is 1.71 bits per heavy atom. The monoisotopic (exact) mass is 327 g/mol. The largest absolute Gasteiger partial charge is 0.622 e. The summed E-state index contributed by atoms with van der Waals surface area (Å²) >= 11 is 0. The lowest BCUT2D eigenvalue weighted by Gasteiger charge is -2.25. The minimum Gasteiger partial charge on any atom is -0.622 e. The molecule has 2 aromatic rings. The lowest BCUT2D eigenvalue weighted by molar-refractivity contribution is -0.546. The van der Waals surface area contributed by atoms with Gasteiger partial charge >= 0.3 is 0 Å². The van der Waals surface area contributed by atoms with Crippen LogP contribution in [0.5, 0.6) is 0 Å². The maximum atomic E-state index is 13.0. The molecule has 1 heterocycles. The van der Waals surface area contributed by atoms with E-state index in [1.54, 1.807) is 44.2 Å². The van der Waals surface area contributed by atoms with Crippen LogP contribution >= 0.6 is 0 Å². The van der Waals surface area contributed by atoms with E-state index in [1.807, 2.05) is 6.07 Å². The van der Waals surface area contributed by atoms with Crippen molar-refractivity contribution in [2.24, 2.45) is 0 Å². The van der Waals surface area contributed by atoms with Crippen molar-refractivity contribution in [2.75, 3.05) is 0 Å². The molecule has 0 spiro atoms. The molecule has 0 fully saturated rings. The lowest BCUT2D eigenvalue weighted by Crippen LogP contribution is -2.44. The number of hydroxylamine groups is 3. The van der Waals surface area contributed by atoms with Gasteiger partial charge in [-0.05, 0) is 32.0 Å².